The van der Waals surface area contributed by atoms with Gasteiger partial charge in [-0.1, -0.05) is 24.6 Å². The third kappa shape index (κ3) is 6.04. The lowest BCUT2D eigenvalue weighted by Crippen LogP contribution is -2.46. The van der Waals surface area contributed by atoms with Crippen LogP contribution in [0.5, 0.6) is 5.75 Å². The summed E-state index contributed by atoms with van der Waals surface area (Å²) < 4.78 is 44.9. The fraction of sp³-hybridized carbons (Fsp3) is 0.650. The van der Waals surface area contributed by atoms with E-state index in [1.807, 2.05) is 24.3 Å². The molecule has 0 aromatic heterocycles. The molecule has 2 saturated carbocycles. The molecule has 1 aromatic carbocycles. The summed E-state index contributed by atoms with van der Waals surface area (Å²) in [6, 6.07) is 7.62. The van der Waals surface area contributed by atoms with E-state index in [1.165, 1.54) is 12.8 Å². The van der Waals surface area contributed by atoms with Crippen LogP contribution in [0.4, 0.5) is 13.2 Å². The normalized spacial score (nSPS) is 23.8. The van der Waals surface area contributed by atoms with E-state index in [-0.39, 0.29) is 18.9 Å². The molecule has 3 rings (SSSR count). The molecule has 2 aliphatic carbocycles. The lowest BCUT2D eigenvalue weighted by molar-refractivity contribution is -0.183. The Balaban J connectivity index is 1.52. The van der Waals surface area contributed by atoms with Crippen LogP contribution in [0.2, 0.25) is 0 Å². The zero-order chi connectivity index (χ0) is 19.3. The Labute approximate surface area is 158 Å². The standard InChI is InChI=1S/C20H28F3N3O/c1-24-19(26-17-7-4-6-16(11-17)20(21,22)23)25-12-15-5-2-3-8-18(15)27-13-14-9-10-14/h2-3,5,8,14,16-17H,4,6-7,9-13H2,1H3,(H2,24,25,26). The smallest absolute Gasteiger partial charge is 0.391 e. The van der Waals surface area contributed by atoms with Gasteiger partial charge in [0.05, 0.1) is 12.5 Å². The number of hydrogen-bond donors (Lipinski definition) is 2. The molecule has 0 spiro atoms. The van der Waals surface area contributed by atoms with E-state index in [9.17, 15) is 13.2 Å². The fourth-order valence-electron chi connectivity index (χ4n) is 3.47. The Kier molecular flexibility index (Phi) is 6.50. The number of alkyl halides is 3. The number of guanidine groups is 1. The van der Waals surface area contributed by atoms with E-state index < -0.39 is 12.1 Å². The van der Waals surface area contributed by atoms with Crippen molar-refractivity contribution in [1.29, 1.82) is 0 Å². The van der Waals surface area contributed by atoms with Crippen LogP contribution in [-0.4, -0.2) is 31.8 Å². The highest BCUT2D eigenvalue weighted by Crippen LogP contribution is 2.37. The first-order valence-electron chi connectivity index (χ1n) is 9.70. The number of aliphatic imine (C=N–C) groups is 1. The van der Waals surface area contributed by atoms with Crippen molar-refractivity contribution < 1.29 is 17.9 Å². The van der Waals surface area contributed by atoms with Crippen LogP contribution < -0.4 is 15.4 Å². The molecule has 2 fully saturated rings. The van der Waals surface area contributed by atoms with E-state index in [2.05, 4.69) is 15.6 Å². The Bertz CT molecular complexity index is 644. The molecular weight excluding hydrogens is 355 g/mol. The number of hydrogen-bond acceptors (Lipinski definition) is 2. The van der Waals surface area contributed by atoms with Gasteiger partial charge in [-0.2, -0.15) is 13.2 Å². The molecule has 0 amide bonds. The van der Waals surface area contributed by atoms with Crippen LogP contribution in [0.15, 0.2) is 29.3 Å². The van der Waals surface area contributed by atoms with Gasteiger partial charge in [-0.3, -0.25) is 4.99 Å². The summed E-state index contributed by atoms with van der Waals surface area (Å²) in [5, 5.41) is 6.36. The Morgan fingerprint density at radius 1 is 1.19 bits per heavy atom. The van der Waals surface area contributed by atoms with Gasteiger partial charge in [-0.15, -0.1) is 0 Å². The average molecular weight is 383 g/mol. The number of rotatable bonds is 6. The minimum atomic E-state index is -4.12. The second kappa shape index (κ2) is 8.85. The lowest BCUT2D eigenvalue weighted by atomic mass is 9.85. The van der Waals surface area contributed by atoms with E-state index in [0.717, 1.165) is 24.3 Å². The van der Waals surface area contributed by atoms with Crippen LogP contribution in [-0.2, 0) is 6.54 Å². The zero-order valence-corrected chi connectivity index (χ0v) is 15.7. The van der Waals surface area contributed by atoms with Gasteiger partial charge in [0.25, 0.3) is 0 Å². The van der Waals surface area contributed by atoms with Gasteiger partial charge in [-0.25, -0.2) is 0 Å². The summed E-state index contributed by atoms with van der Waals surface area (Å²) in [5.74, 6) is 0.828. The van der Waals surface area contributed by atoms with Crippen LogP contribution in [0.25, 0.3) is 0 Å². The predicted molar refractivity (Wildman–Crippen MR) is 99.8 cm³/mol. The monoisotopic (exact) mass is 383 g/mol. The molecule has 2 unspecified atom stereocenters. The molecule has 0 bridgehead atoms. The second-order valence-corrected chi connectivity index (χ2v) is 7.53. The van der Waals surface area contributed by atoms with Crippen LogP contribution in [0.3, 0.4) is 0 Å². The molecule has 0 saturated heterocycles. The molecule has 1 aromatic rings. The Morgan fingerprint density at radius 3 is 2.67 bits per heavy atom. The first-order chi connectivity index (χ1) is 13.0. The predicted octanol–water partition coefficient (Wildman–Crippen LogP) is 4.26. The van der Waals surface area contributed by atoms with Gasteiger partial charge in [0.2, 0.25) is 0 Å². The molecular formula is C20H28F3N3O. The summed E-state index contributed by atoms with van der Waals surface area (Å²) in [7, 11) is 1.63. The summed E-state index contributed by atoms with van der Waals surface area (Å²) in [5.41, 5.74) is 1.01. The van der Waals surface area contributed by atoms with Gasteiger partial charge in [-0.05, 0) is 44.1 Å². The molecule has 0 heterocycles. The van der Waals surface area contributed by atoms with Crippen molar-refractivity contribution in [2.24, 2.45) is 16.8 Å². The number of nitrogens with one attached hydrogen (secondary N) is 2. The van der Waals surface area contributed by atoms with E-state index in [1.54, 1.807) is 7.05 Å². The maximum atomic E-state index is 13.0. The largest absolute Gasteiger partial charge is 0.493 e. The number of benzene rings is 1. The first kappa shape index (κ1) is 19.8. The number of para-hydroxylation sites is 1. The summed E-state index contributed by atoms with van der Waals surface area (Å²) in [4.78, 5) is 4.17. The molecule has 2 aliphatic rings. The van der Waals surface area contributed by atoms with Crippen molar-refractivity contribution in [3.05, 3.63) is 29.8 Å². The molecule has 0 radical (unpaired) electrons. The first-order valence-corrected chi connectivity index (χ1v) is 9.70. The van der Waals surface area contributed by atoms with E-state index >= 15 is 0 Å². The minimum absolute atomic E-state index is 0.102. The molecule has 2 atom stereocenters. The molecule has 150 valence electrons. The van der Waals surface area contributed by atoms with Gasteiger partial charge in [0.1, 0.15) is 5.75 Å². The average Bonchev–Trinajstić information content (AvgIpc) is 3.48. The molecule has 4 nitrogen and oxygen atoms in total. The lowest BCUT2D eigenvalue weighted by Gasteiger charge is -2.32. The van der Waals surface area contributed by atoms with Crippen molar-refractivity contribution in [3.63, 3.8) is 0 Å². The van der Waals surface area contributed by atoms with Gasteiger partial charge < -0.3 is 15.4 Å². The minimum Gasteiger partial charge on any atom is -0.493 e. The van der Waals surface area contributed by atoms with Crippen molar-refractivity contribution in [3.8, 4) is 5.75 Å². The van der Waals surface area contributed by atoms with E-state index in [4.69, 9.17) is 4.74 Å². The third-order valence-corrected chi connectivity index (χ3v) is 5.29. The second-order valence-electron chi connectivity index (χ2n) is 7.53. The molecule has 0 aliphatic heterocycles. The van der Waals surface area contributed by atoms with Gasteiger partial charge in [0, 0.05) is 25.2 Å². The topological polar surface area (TPSA) is 45.7 Å². The highest BCUT2D eigenvalue weighted by atomic mass is 19.4. The summed E-state index contributed by atoms with van der Waals surface area (Å²) in [6.07, 6.45) is -0.0144. The SMILES string of the molecule is CN=C(NCc1ccccc1OCC1CC1)NC1CCCC(C(F)(F)F)C1. The highest BCUT2D eigenvalue weighted by molar-refractivity contribution is 5.80. The fourth-order valence-corrected chi connectivity index (χ4v) is 3.47. The molecule has 27 heavy (non-hydrogen) atoms. The summed E-state index contributed by atoms with van der Waals surface area (Å²) in [6.45, 7) is 1.25. The Morgan fingerprint density at radius 2 is 1.96 bits per heavy atom. The zero-order valence-electron chi connectivity index (χ0n) is 15.7. The maximum Gasteiger partial charge on any atom is 0.391 e. The number of nitrogens with zero attached hydrogens (tertiary/aromatic N) is 1. The summed E-state index contributed by atoms with van der Waals surface area (Å²) >= 11 is 0. The quantitative estimate of drug-likeness (QED) is 0.570. The Hall–Kier alpha value is -1.92. The van der Waals surface area contributed by atoms with Crippen LogP contribution >= 0.6 is 0 Å². The number of ether oxygens (including phenoxy) is 1. The van der Waals surface area contributed by atoms with Gasteiger partial charge >= 0.3 is 6.18 Å². The molecule has 2 N–H and O–H groups in total. The highest BCUT2D eigenvalue weighted by Gasteiger charge is 2.42. The van der Waals surface area contributed by atoms with Crippen LogP contribution in [0.1, 0.15) is 44.1 Å². The van der Waals surface area contributed by atoms with Crippen molar-refractivity contribution in [2.75, 3.05) is 13.7 Å². The van der Waals surface area contributed by atoms with Crippen molar-refractivity contribution in [2.45, 2.75) is 57.3 Å². The van der Waals surface area contributed by atoms with E-state index in [0.29, 0.717) is 24.8 Å². The number of halogens is 3. The van der Waals surface area contributed by atoms with Crippen molar-refractivity contribution >= 4 is 5.96 Å². The van der Waals surface area contributed by atoms with Gasteiger partial charge in [0.15, 0.2) is 5.96 Å². The van der Waals surface area contributed by atoms with Crippen LogP contribution in [0, 0.1) is 11.8 Å². The maximum absolute atomic E-state index is 13.0. The third-order valence-electron chi connectivity index (χ3n) is 5.29. The molecule has 7 heteroatoms. The van der Waals surface area contributed by atoms with Crippen molar-refractivity contribution in [1.82, 2.24) is 10.6 Å².